The molecule has 217 valence electrons. The van der Waals surface area contributed by atoms with E-state index in [9.17, 15) is 19.2 Å². The van der Waals surface area contributed by atoms with Gasteiger partial charge in [-0.05, 0) is 46.8 Å². The Kier molecular flexibility index (Phi) is 6.69. The smallest absolute Gasteiger partial charge is 0.268 e. The van der Waals surface area contributed by atoms with Crippen molar-refractivity contribution in [1.29, 1.82) is 0 Å². The van der Waals surface area contributed by atoms with Crippen molar-refractivity contribution in [3.05, 3.63) is 132 Å². The van der Waals surface area contributed by atoms with Crippen LogP contribution >= 0.6 is 0 Å². The molecule has 4 amide bonds. The van der Waals surface area contributed by atoms with Crippen molar-refractivity contribution in [2.45, 2.75) is 0 Å². The van der Waals surface area contributed by atoms with Gasteiger partial charge in [-0.15, -0.1) is 29.8 Å². The van der Waals surface area contributed by atoms with Gasteiger partial charge in [-0.25, -0.2) is 9.80 Å². The first kappa shape index (κ1) is 28.0. The summed E-state index contributed by atoms with van der Waals surface area (Å²) in [4.78, 5) is 73.2. The second kappa shape index (κ2) is 10.7. The number of aromatic nitrogens is 4. The Morgan fingerprint density at radius 2 is 1.09 bits per heavy atom. The molecule has 0 atom stereocenters. The molecule has 0 aliphatic carbocycles. The van der Waals surface area contributed by atoms with Crippen molar-refractivity contribution in [3.63, 3.8) is 0 Å². The maximum absolute atomic E-state index is 13.4. The molecule has 8 rings (SSSR count). The number of carbonyl (C=O) groups is 4. The number of fused-ring (bicyclic) bond motifs is 3. The largest absolute Gasteiger partial charge is 0.304 e. The van der Waals surface area contributed by atoms with Gasteiger partial charge in [0.2, 0.25) is 11.9 Å². The molecule has 10 nitrogen and oxygen atoms in total. The molecule has 6 aromatic rings. The quantitative estimate of drug-likeness (QED) is 0.178. The number of imide groups is 2. The summed E-state index contributed by atoms with van der Waals surface area (Å²) in [5.74, 6) is -3.10. The van der Waals surface area contributed by atoms with Crippen molar-refractivity contribution in [2.75, 3.05) is 9.80 Å². The van der Waals surface area contributed by atoms with E-state index in [1.54, 1.807) is 72.9 Å². The zero-order chi connectivity index (χ0) is 29.9. The van der Waals surface area contributed by atoms with E-state index in [1.807, 2.05) is 30.3 Å². The van der Waals surface area contributed by atoms with Crippen LogP contribution in [-0.2, 0) is 20.1 Å². The van der Waals surface area contributed by atoms with Crippen LogP contribution in [0.15, 0.2) is 103 Å². The Balaban J connectivity index is 0.00000325. The summed E-state index contributed by atoms with van der Waals surface area (Å²) in [5, 5.41) is 1.91. The SMILES string of the molecule is O=C1c2ccccc2C(=O)N1c1nc(-c2cc[c-]c(-c3nccc4ccccc34)c2)nc(N2C(=O)c3ccccc3C2=O)n1.[Ir]. The molecule has 0 saturated heterocycles. The summed E-state index contributed by atoms with van der Waals surface area (Å²) in [6, 6.07) is 30.9. The standard InChI is InChI=1S/C34H17N6O4.Ir/c41-29-23-12-3-4-13-24(23)30(42)39(29)33-36-28(37-34(38-33)40-31(43)25-14-5-6-15-26(25)32(40)44)21-10-7-9-20(18-21)27-22-11-2-1-8-19(22)16-17-35-27;/h1-8,10-18H;/q-1;. The van der Waals surface area contributed by atoms with E-state index in [0.717, 1.165) is 20.6 Å². The molecule has 2 aromatic heterocycles. The van der Waals surface area contributed by atoms with E-state index in [2.05, 4.69) is 26.0 Å². The number of hydrogen-bond donors (Lipinski definition) is 0. The number of nitrogens with zero attached hydrogens (tertiary/aromatic N) is 6. The van der Waals surface area contributed by atoms with Gasteiger partial charge in [0.15, 0.2) is 0 Å². The van der Waals surface area contributed by atoms with E-state index in [-0.39, 0.29) is 60.1 Å². The van der Waals surface area contributed by atoms with Crippen LogP contribution in [0, 0.1) is 6.07 Å². The van der Waals surface area contributed by atoms with Crippen LogP contribution in [0.3, 0.4) is 0 Å². The fraction of sp³-hybridized carbons (Fsp3) is 0. The summed E-state index contributed by atoms with van der Waals surface area (Å²) in [5.41, 5.74) is 2.57. The third kappa shape index (κ3) is 4.36. The molecule has 11 heteroatoms. The number of benzene rings is 4. The van der Waals surface area contributed by atoms with Gasteiger partial charge in [0.05, 0.1) is 22.3 Å². The first-order valence-corrected chi connectivity index (χ1v) is 13.6. The molecule has 0 spiro atoms. The molecule has 2 aliphatic heterocycles. The summed E-state index contributed by atoms with van der Waals surface area (Å²) in [6.07, 6.45) is 1.71. The fourth-order valence-electron chi connectivity index (χ4n) is 5.50. The Morgan fingerprint density at radius 3 is 1.64 bits per heavy atom. The van der Waals surface area contributed by atoms with Gasteiger partial charge >= 0.3 is 0 Å². The van der Waals surface area contributed by atoms with E-state index in [4.69, 9.17) is 0 Å². The van der Waals surface area contributed by atoms with E-state index < -0.39 is 23.6 Å². The summed E-state index contributed by atoms with van der Waals surface area (Å²) in [6.45, 7) is 0. The number of amides is 4. The van der Waals surface area contributed by atoms with E-state index >= 15 is 0 Å². The van der Waals surface area contributed by atoms with E-state index in [1.165, 1.54) is 0 Å². The Labute approximate surface area is 268 Å². The van der Waals surface area contributed by atoms with E-state index in [0.29, 0.717) is 16.8 Å². The Bertz CT molecular complexity index is 2090. The predicted octanol–water partition coefficient (Wildman–Crippen LogP) is 5.15. The molecule has 45 heavy (non-hydrogen) atoms. The second-order valence-corrected chi connectivity index (χ2v) is 10.1. The molecule has 0 N–H and O–H groups in total. The molecule has 0 saturated carbocycles. The molecule has 0 bridgehead atoms. The topological polar surface area (TPSA) is 126 Å². The van der Waals surface area contributed by atoms with Gasteiger partial charge in [0.25, 0.3) is 23.6 Å². The van der Waals surface area contributed by atoms with Crippen molar-refractivity contribution in [2.24, 2.45) is 0 Å². The van der Waals surface area contributed by atoms with Gasteiger partial charge in [0.1, 0.15) is 5.82 Å². The Hall–Kier alpha value is -5.77. The van der Waals surface area contributed by atoms with Gasteiger partial charge < -0.3 is 4.98 Å². The van der Waals surface area contributed by atoms with Crippen molar-refractivity contribution in [3.8, 4) is 22.6 Å². The number of carbonyl (C=O) groups excluding carboxylic acids is 4. The number of rotatable bonds is 4. The third-order valence-electron chi connectivity index (χ3n) is 7.59. The van der Waals surface area contributed by atoms with Crippen LogP contribution in [0.2, 0.25) is 0 Å². The third-order valence-corrected chi connectivity index (χ3v) is 7.59. The number of pyridine rings is 1. The minimum atomic E-state index is -0.627. The predicted molar refractivity (Wildman–Crippen MR) is 160 cm³/mol. The van der Waals surface area contributed by atoms with Crippen LogP contribution in [-0.4, -0.2) is 43.6 Å². The van der Waals surface area contributed by atoms with Crippen molar-refractivity contribution >= 4 is 46.3 Å². The van der Waals surface area contributed by atoms with Gasteiger partial charge in [-0.1, -0.05) is 54.1 Å². The monoisotopic (exact) mass is 766 g/mol. The molecular formula is C34H17IrN6O4-. The molecule has 4 heterocycles. The van der Waals surface area contributed by atoms with Crippen LogP contribution in [0.1, 0.15) is 41.4 Å². The van der Waals surface area contributed by atoms with Crippen molar-refractivity contribution in [1.82, 2.24) is 19.9 Å². The summed E-state index contributed by atoms with van der Waals surface area (Å²) < 4.78 is 0. The summed E-state index contributed by atoms with van der Waals surface area (Å²) in [7, 11) is 0. The molecule has 4 aromatic carbocycles. The molecule has 1 radical (unpaired) electrons. The normalized spacial score (nSPS) is 13.7. The fourth-order valence-corrected chi connectivity index (χ4v) is 5.50. The Morgan fingerprint density at radius 1 is 0.578 bits per heavy atom. The average Bonchev–Trinajstić information content (AvgIpc) is 3.48. The maximum atomic E-state index is 13.4. The zero-order valence-electron chi connectivity index (χ0n) is 23.0. The zero-order valence-corrected chi connectivity index (χ0v) is 25.4. The first-order chi connectivity index (χ1) is 21.5. The van der Waals surface area contributed by atoms with Crippen molar-refractivity contribution < 1.29 is 39.3 Å². The van der Waals surface area contributed by atoms with Gasteiger partial charge in [-0.3, -0.25) is 19.2 Å². The minimum absolute atomic E-state index is 0. The molecular weight excluding hydrogens is 749 g/mol. The molecule has 0 unspecified atom stereocenters. The van der Waals surface area contributed by atoms with Crippen LogP contribution in [0.25, 0.3) is 33.4 Å². The van der Waals surface area contributed by atoms with Crippen LogP contribution < -0.4 is 9.80 Å². The molecule has 2 aliphatic rings. The van der Waals surface area contributed by atoms with Gasteiger partial charge in [-0.2, -0.15) is 15.0 Å². The maximum Gasteiger partial charge on any atom is 0.268 e. The van der Waals surface area contributed by atoms with Crippen LogP contribution in [0.4, 0.5) is 11.9 Å². The first-order valence-electron chi connectivity index (χ1n) is 13.6. The second-order valence-electron chi connectivity index (χ2n) is 10.1. The van der Waals surface area contributed by atoms with Gasteiger partial charge in [0, 0.05) is 26.3 Å². The number of anilines is 2. The minimum Gasteiger partial charge on any atom is -0.304 e. The molecule has 0 fully saturated rings. The van der Waals surface area contributed by atoms with Crippen LogP contribution in [0.5, 0.6) is 0 Å². The average molecular weight is 766 g/mol. The summed E-state index contributed by atoms with van der Waals surface area (Å²) >= 11 is 0. The number of hydrogen-bond acceptors (Lipinski definition) is 8.